The fraction of sp³-hybridized carbons (Fsp3) is 0.265. The minimum atomic E-state index is -1.42. The van der Waals surface area contributed by atoms with E-state index in [-0.39, 0.29) is 23.6 Å². The third kappa shape index (κ3) is 2.56. The molecule has 2 fully saturated rings. The van der Waals surface area contributed by atoms with Crippen molar-refractivity contribution in [3.63, 3.8) is 0 Å². The first-order valence-corrected chi connectivity index (χ1v) is 14.0. The van der Waals surface area contributed by atoms with Crippen molar-refractivity contribution in [2.75, 3.05) is 17.2 Å². The van der Waals surface area contributed by atoms with Crippen molar-refractivity contribution in [2.45, 2.75) is 43.7 Å². The van der Waals surface area contributed by atoms with Gasteiger partial charge in [0.15, 0.2) is 5.78 Å². The van der Waals surface area contributed by atoms with E-state index in [1.54, 1.807) is 0 Å². The van der Waals surface area contributed by atoms with E-state index in [9.17, 15) is 14.4 Å². The van der Waals surface area contributed by atoms with E-state index in [4.69, 9.17) is 0 Å². The molecule has 0 bridgehead atoms. The summed E-state index contributed by atoms with van der Waals surface area (Å²) in [7, 11) is 0. The highest BCUT2D eigenvalue weighted by Crippen LogP contribution is 2.68. The molecule has 2 spiro atoms. The Hall–Kier alpha value is -4.29. The quantitative estimate of drug-likeness (QED) is 0.339. The van der Waals surface area contributed by atoms with Crippen LogP contribution in [0.4, 0.5) is 11.4 Å². The van der Waals surface area contributed by atoms with Gasteiger partial charge in [-0.1, -0.05) is 66.7 Å². The van der Waals surface area contributed by atoms with E-state index in [0.717, 1.165) is 51.6 Å². The first-order chi connectivity index (χ1) is 19.4. The van der Waals surface area contributed by atoms with Gasteiger partial charge in [0.25, 0.3) is 5.91 Å². The van der Waals surface area contributed by atoms with Gasteiger partial charge in [0.2, 0.25) is 5.91 Å². The summed E-state index contributed by atoms with van der Waals surface area (Å²) in [4.78, 5) is 46.4. The maximum absolute atomic E-state index is 14.9. The van der Waals surface area contributed by atoms with Crippen LogP contribution in [-0.4, -0.2) is 35.1 Å². The first kappa shape index (κ1) is 23.6. The monoisotopic (exact) mass is 527 g/mol. The van der Waals surface area contributed by atoms with Crippen LogP contribution in [0.2, 0.25) is 0 Å². The zero-order valence-corrected chi connectivity index (χ0v) is 22.5. The third-order valence-electron chi connectivity index (χ3n) is 10.1. The van der Waals surface area contributed by atoms with E-state index in [2.05, 4.69) is 15.5 Å². The van der Waals surface area contributed by atoms with Gasteiger partial charge in [-0.3, -0.25) is 19.3 Å². The molecule has 2 N–H and O–H groups in total. The molecule has 0 radical (unpaired) electrons. The second-order valence-electron chi connectivity index (χ2n) is 11.7. The van der Waals surface area contributed by atoms with E-state index in [1.165, 1.54) is 0 Å². The van der Waals surface area contributed by atoms with Crippen LogP contribution >= 0.6 is 0 Å². The number of fused-ring (bicyclic) bond motifs is 8. The zero-order valence-electron chi connectivity index (χ0n) is 22.5. The van der Waals surface area contributed by atoms with Crippen molar-refractivity contribution in [1.29, 1.82) is 0 Å². The number of carbonyl (C=O) groups is 3. The summed E-state index contributed by atoms with van der Waals surface area (Å²) in [5, 5.41) is 8.35. The van der Waals surface area contributed by atoms with Crippen molar-refractivity contribution in [3.8, 4) is 0 Å². The molecule has 2 saturated heterocycles. The molecule has 4 aromatic carbocycles. The number of nitrogens with zero attached hydrogens (tertiary/aromatic N) is 1. The molecule has 2 amide bonds. The van der Waals surface area contributed by atoms with Crippen LogP contribution in [0.5, 0.6) is 0 Å². The van der Waals surface area contributed by atoms with Gasteiger partial charge < -0.3 is 10.6 Å². The number of anilines is 2. The van der Waals surface area contributed by atoms with Crippen LogP contribution in [0.25, 0.3) is 10.8 Å². The Morgan fingerprint density at radius 1 is 0.850 bits per heavy atom. The predicted molar refractivity (Wildman–Crippen MR) is 154 cm³/mol. The van der Waals surface area contributed by atoms with E-state index < -0.39 is 16.9 Å². The number of Topliss-reactive ketones (excluding diaryl/α,β-unsaturated/α-hetero) is 1. The highest BCUT2D eigenvalue weighted by atomic mass is 16.2. The largest absolute Gasteiger partial charge is 0.325 e. The van der Waals surface area contributed by atoms with Crippen LogP contribution in [-0.2, 0) is 20.5 Å². The Morgan fingerprint density at radius 3 is 2.48 bits per heavy atom. The van der Waals surface area contributed by atoms with Gasteiger partial charge >= 0.3 is 0 Å². The average molecular weight is 528 g/mol. The Morgan fingerprint density at radius 2 is 1.62 bits per heavy atom. The summed E-state index contributed by atoms with van der Waals surface area (Å²) in [5.41, 5.74) is 2.85. The van der Waals surface area contributed by atoms with Gasteiger partial charge in [-0.25, -0.2) is 0 Å². The lowest BCUT2D eigenvalue weighted by Gasteiger charge is -2.43. The van der Waals surface area contributed by atoms with Crippen LogP contribution in [0.3, 0.4) is 0 Å². The van der Waals surface area contributed by atoms with Crippen molar-refractivity contribution >= 4 is 39.7 Å². The third-order valence-corrected chi connectivity index (χ3v) is 10.1. The van der Waals surface area contributed by atoms with Gasteiger partial charge in [-0.15, -0.1) is 0 Å². The number of benzene rings is 4. The van der Waals surface area contributed by atoms with Gasteiger partial charge in [0, 0.05) is 28.5 Å². The topological polar surface area (TPSA) is 78.5 Å². The van der Waals surface area contributed by atoms with Crippen molar-refractivity contribution < 1.29 is 14.4 Å². The molecular formula is C34H29N3O3. The van der Waals surface area contributed by atoms with Crippen molar-refractivity contribution in [1.82, 2.24) is 4.90 Å². The summed E-state index contributed by atoms with van der Waals surface area (Å²) in [5.74, 6) is -1.32. The van der Waals surface area contributed by atoms with Crippen LogP contribution in [0, 0.1) is 19.8 Å². The highest BCUT2D eigenvalue weighted by molar-refractivity contribution is 6.21. The van der Waals surface area contributed by atoms with Gasteiger partial charge in [-0.2, -0.15) is 0 Å². The maximum Gasteiger partial charge on any atom is 0.251 e. The number of aryl methyl sites for hydroxylation is 1. The number of rotatable bonds is 2. The predicted octanol–water partition coefficient (Wildman–Crippen LogP) is 5.47. The van der Waals surface area contributed by atoms with Crippen LogP contribution in [0.1, 0.15) is 45.5 Å². The lowest BCUT2D eigenvalue weighted by atomic mass is 9.57. The highest BCUT2D eigenvalue weighted by Gasteiger charge is 2.81. The molecule has 4 heterocycles. The van der Waals surface area contributed by atoms with Crippen LogP contribution < -0.4 is 10.6 Å². The first-order valence-electron chi connectivity index (χ1n) is 14.0. The Balaban J connectivity index is 1.46. The minimum Gasteiger partial charge on any atom is -0.325 e. The molecule has 8 rings (SSSR count). The Kier molecular flexibility index (Phi) is 4.65. The summed E-state index contributed by atoms with van der Waals surface area (Å²) in [6.45, 7) is 4.68. The second kappa shape index (κ2) is 7.89. The molecule has 4 aromatic rings. The molecule has 4 atom stereocenters. The van der Waals surface area contributed by atoms with E-state index in [1.807, 2.05) is 92.7 Å². The average Bonchev–Trinajstić information content (AvgIpc) is 3.69. The van der Waals surface area contributed by atoms with Gasteiger partial charge in [0.05, 0.1) is 5.92 Å². The summed E-state index contributed by atoms with van der Waals surface area (Å²) >= 11 is 0. The molecule has 0 aliphatic carbocycles. The molecular weight excluding hydrogens is 498 g/mol. The summed E-state index contributed by atoms with van der Waals surface area (Å²) in [6.07, 6.45) is 1.61. The number of hydrogen-bond acceptors (Lipinski definition) is 4. The second-order valence-corrected chi connectivity index (χ2v) is 11.7. The van der Waals surface area contributed by atoms with Crippen molar-refractivity contribution in [3.05, 3.63) is 107 Å². The number of hydrogen-bond donors (Lipinski definition) is 2. The molecule has 0 saturated carbocycles. The van der Waals surface area contributed by atoms with Gasteiger partial charge in [0.1, 0.15) is 11.0 Å². The SMILES string of the molecule is Cc1ccc2c(c1C)NC(=O)[C@]21N2CCC[C@H]2[C@@H](C(=O)c2ccc3ccccc3c2)[C@]12C(=O)Nc1ccccc12. The summed E-state index contributed by atoms with van der Waals surface area (Å²) < 4.78 is 0. The smallest absolute Gasteiger partial charge is 0.251 e. The molecule has 4 aliphatic rings. The molecule has 4 aliphatic heterocycles. The Labute approximate surface area is 232 Å². The normalized spacial score (nSPS) is 28.1. The lowest BCUT2D eigenvalue weighted by molar-refractivity contribution is -0.137. The van der Waals surface area contributed by atoms with Crippen LogP contribution in [0.15, 0.2) is 78.9 Å². The molecule has 40 heavy (non-hydrogen) atoms. The number of ketones is 1. The Bertz CT molecular complexity index is 1810. The number of para-hydroxylation sites is 1. The number of amides is 2. The lowest BCUT2D eigenvalue weighted by Crippen LogP contribution is -2.62. The standard InChI is InChI=1S/C34H29N3O3/c1-19-13-16-25-29(20(19)2)36-32(40)34(25)33(24-10-5-6-11-26(24)35-31(33)39)28(27-12-7-17-37(27)34)30(38)23-15-14-21-8-3-4-9-22(21)18-23/h3-6,8-11,13-16,18,27-28H,7,12,17H2,1-2H3,(H,35,39)(H,36,40)/t27-,28-,33+,34+/m0/s1. The number of nitrogens with one attached hydrogen (secondary N) is 2. The molecule has 6 heteroatoms. The van der Waals surface area contributed by atoms with E-state index >= 15 is 0 Å². The fourth-order valence-corrected chi connectivity index (χ4v) is 8.42. The molecule has 198 valence electrons. The molecule has 0 unspecified atom stereocenters. The minimum absolute atomic E-state index is 0.0866. The maximum atomic E-state index is 14.9. The fourth-order valence-electron chi connectivity index (χ4n) is 8.42. The zero-order chi connectivity index (χ0) is 27.4. The molecule has 0 aromatic heterocycles. The van der Waals surface area contributed by atoms with Crippen molar-refractivity contribution in [2.24, 2.45) is 5.92 Å². The number of carbonyl (C=O) groups excluding carboxylic acids is 3. The van der Waals surface area contributed by atoms with E-state index in [0.29, 0.717) is 17.8 Å². The van der Waals surface area contributed by atoms with Gasteiger partial charge in [-0.05, 0) is 72.8 Å². The molecule has 6 nitrogen and oxygen atoms in total. The summed E-state index contributed by atoms with van der Waals surface area (Å²) in [6, 6.07) is 25.1.